The molecule has 86 valence electrons. The molecule has 1 aliphatic rings. The zero-order valence-corrected chi connectivity index (χ0v) is 9.91. The first-order valence-electron chi connectivity index (χ1n) is 5.00. The lowest BCUT2D eigenvalue weighted by atomic mass is 10.1. The maximum absolute atomic E-state index is 11.9. The highest BCUT2D eigenvalue weighted by molar-refractivity contribution is 6.33. The van der Waals surface area contributed by atoms with Crippen LogP contribution in [0.1, 0.15) is 6.92 Å². The molecule has 2 rings (SSSR count). The van der Waals surface area contributed by atoms with E-state index < -0.39 is 0 Å². The number of carbonyl (C=O) groups is 1. The van der Waals surface area contributed by atoms with Crippen molar-refractivity contribution >= 4 is 28.9 Å². The van der Waals surface area contributed by atoms with E-state index in [9.17, 15) is 4.79 Å². The Morgan fingerprint density at radius 3 is 2.94 bits per heavy atom. The first kappa shape index (κ1) is 11.1. The minimum atomic E-state index is -0.185. The summed E-state index contributed by atoms with van der Waals surface area (Å²) in [5, 5.41) is 0.434. The third-order valence-corrected chi connectivity index (χ3v) is 2.92. The van der Waals surface area contributed by atoms with E-state index in [0.717, 1.165) is 0 Å². The summed E-state index contributed by atoms with van der Waals surface area (Å²) in [6, 6.07) is 3.31. The van der Waals surface area contributed by atoms with Gasteiger partial charge in [-0.2, -0.15) is 0 Å². The standard InChI is InChI=1S/C11H13ClN2O2/c1-6-5-16-10-8(12)3-7(13)4-9(10)14(2)11(6)15/h3-4,6H,5,13H2,1-2H3. The van der Waals surface area contributed by atoms with Gasteiger partial charge in [0.2, 0.25) is 5.91 Å². The summed E-state index contributed by atoms with van der Waals surface area (Å²) in [6.07, 6.45) is 0. The Morgan fingerprint density at radius 1 is 1.56 bits per heavy atom. The monoisotopic (exact) mass is 240 g/mol. The summed E-state index contributed by atoms with van der Waals surface area (Å²) in [5.74, 6) is 0.339. The van der Waals surface area contributed by atoms with E-state index in [-0.39, 0.29) is 11.8 Å². The highest BCUT2D eigenvalue weighted by Crippen LogP contribution is 2.39. The summed E-state index contributed by atoms with van der Waals surface area (Å²) in [5.41, 5.74) is 6.84. The van der Waals surface area contributed by atoms with E-state index in [0.29, 0.717) is 28.8 Å². The molecule has 0 spiro atoms. The summed E-state index contributed by atoms with van der Waals surface area (Å²) in [7, 11) is 1.70. The van der Waals surface area contributed by atoms with Gasteiger partial charge in [-0.05, 0) is 12.1 Å². The van der Waals surface area contributed by atoms with E-state index in [1.165, 1.54) is 4.90 Å². The third kappa shape index (κ3) is 1.69. The van der Waals surface area contributed by atoms with Gasteiger partial charge in [0, 0.05) is 12.7 Å². The lowest BCUT2D eigenvalue weighted by Crippen LogP contribution is -2.31. The van der Waals surface area contributed by atoms with E-state index in [1.807, 2.05) is 6.92 Å². The maximum atomic E-state index is 11.9. The Morgan fingerprint density at radius 2 is 2.25 bits per heavy atom. The van der Waals surface area contributed by atoms with Crippen LogP contribution in [0.3, 0.4) is 0 Å². The number of hydrogen-bond acceptors (Lipinski definition) is 3. The van der Waals surface area contributed by atoms with Gasteiger partial charge in [0.25, 0.3) is 0 Å². The largest absolute Gasteiger partial charge is 0.489 e. The van der Waals surface area contributed by atoms with Crippen LogP contribution in [0.2, 0.25) is 5.02 Å². The Balaban J connectivity index is 2.57. The van der Waals surface area contributed by atoms with Crippen LogP contribution < -0.4 is 15.4 Å². The molecule has 1 aliphatic heterocycles. The second kappa shape index (κ2) is 3.87. The van der Waals surface area contributed by atoms with E-state index in [1.54, 1.807) is 19.2 Å². The molecule has 1 amide bonds. The molecular weight excluding hydrogens is 228 g/mol. The number of carbonyl (C=O) groups excluding carboxylic acids is 1. The molecule has 2 N–H and O–H groups in total. The van der Waals surface area contributed by atoms with E-state index in [2.05, 4.69) is 0 Å². The number of hydrogen-bond donors (Lipinski definition) is 1. The average molecular weight is 241 g/mol. The molecule has 1 atom stereocenters. The Bertz CT molecular complexity index is 448. The summed E-state index contributed by atoms with van der Waals surface area (Å²) in [4.78, 5) is 13.4. The molecule has 1 aromatic carbocycles. The second-order valence-electron chi connectivity index (χ2n) is 3.96. The zero-order chi connectivity index (χ0) is 11.9. The highest BCUT2D eigenvalue weighted by atomic mass is 35.5. The van der Waals surface area contributed by atoms with Crippen LogP contribution in [-0.4, -0.2) is 19.6 Å². The minimum Gasteiger partial charge on any atom is -0.489 e. The van der Waals surface area contributed by atoms with Crippen molar-refractivity contribution in [2.45, 2.75) is 6.92 Å². The number of halogens is 1. The fourth-order valence-electron chi connectivity index (χ4n) is 1.72. The van der Waals surface area contributed by atoms with Gasteiger partial charge in [0.05, 0.1) is 23.2 Å². The molecule has 0 radical (unpaired) electrons. The van der Waals surface area contributed by atoms with Crippen molar-refractivity contribution in [1.29, 1.82) is 0 Å². The van der Waals surface area contributed by atoms with Gasteiger partial charge < -0.3 is 15.4 Å². The van der Waals surface area contributed by atoms with Gasteiger partial charge in [0.15, 0.2) is 5.75 Å². The van der Waals surface area contributed by atoms with Crippen molar-refractivity contribution in [3.63, 3.8) is 0 Å². The van der Waals surface area contributed by atoms with Crippen LogP contribution in [0.25, 0.3) is 0 Å². The van der Waals surface area contributed by atoms with Crippen LogP contribution in [-0.2, 0) is 4.79 Å². The predicted molar refractivity (Wildman–Crippen MR) is 63.9 cm³/mol. The fourth-order valence-corrected chi connectivity index (χ4v) is 2.00. The van der Waals surface area contributed by atoms with Crippen molar-refractivity contribution in [3.8, 4) is 5.75 Å². The fraction of sp³-hybridized carbons (Fsp3) is 0.364. The van der Waals surface area contributed by atoms with E-state index in [4.69, 9.17) is 22.1 Å². The zero-order valence-electron chi connectivity index (χ0n) is 9.16. The quantitative estimate of drug-likeness (QED) is 0.705. The van der Waals surface area contributed by atoms with Crippen molar-refractivity contribution in [2.24, 2.45) is 5.92 Å². The predicted octanol–water partition coefficient (Wildman–Crippen LogP) is 1.91. The molecule has 1 heterocycles. The summed E-state index contributed by atoms with van der Waals surface area (Å²) < 4.78 is 5.54. The molecule has 0 aromatic heterocycles. The molecule has 4 nitrogen and oxygen atoms in total. The van der Waals surface area contributed by atoms with Crippen molar-refractivity contribution in [3.05, 3.63) is 17.2 Å². The molecular formula is C11H13ClN2O2. The van der Waals surface area contributed by atoms with Gasteiger partial charge >= 0.3 is 0 Å². The number of amides is 1. The first-order valence-corrected chi connectivity index (χ1v) is 5.38. The third-order valence-electron chi connectivity index (χ3n) is 2.64. The van der Waals surface area contributed by atoms with Gasteiger partial charge in [-0.3, -0.25) is 4.79 Å². The summed E-state index contributed by atoms with van der Waals surface area (Å²) in [6.45, 7) is 2.15. The number of benzene rings is 1. The van der Waals surface area contributed by atoms with Gasteiger partial charge in [0.1, 0.15) is 0 Å². The summed E-state index contributed by atoms with van der Waals surface area (Å²) >= 11 is 6.04. The number of nitrogen functional groups attached to an aromatic ring is 1. The molecule has 0 saturated heterocycles. The average Bonchev–Trinajstić information content (AvgIpc) is 2.32. The number of nitrogens with zero attached hydrogens (tertiary/aromatic N) is 1. The van der Waals surface area contributed by atoms with Crippen molar-refractivity contribution in [1.82, 2.24) is 0 Å². The number of rotatable bonds is 0. The van der Waals surface area contributed by atoms with Gasteiger partial charge in [-0.1, -0.05) is 18.5 Å². The Kier molecular flexibility index (Phi) is 2.68. The molecule has 0 fully saturated rings. The Hall–Kier alpha value is -1.42. The highest BCUT2D eigenvalue weighted by Gasteiger charge is 2.27. The van der Waals surface area contributed by atoms with Crippen LogP contribution >= 0.6 is 11.6 Å². The minimum absolute atomic E-state index is 0.000386. The van der Waals surface area contributed by atoms with Gasteiger partial charge in [-0.15, -0.1) is 0 Å². The number of anilines is 2. The van der Waals surface area contributed by atoms with Crippen LogP contribution in [0, 0.1) is 5.92 Å². The van der Waals surface area contributed by atoms with Gasteiger partial charge in [-0.25, -0.2) is 0 Å². The molecule has 0 aliphatic carbocycles. The number of fused-ring (bicyclic) bond motifs is 1. The molecule has 0 saturated carbocycles. The lowest BCUT2D eigenvalue weighted by Gasteiger charge is -2.18. The molecule has 1 aromatic rings. The normalized spacial score (nSPS) is 20.1. The first-order chi connectivity index (χ1) is 7.50. The number of ether oxygens (including phenoxy) is 1. The van der Waals surface area contributed by atoms with Crippen LogP contribution in [0.15, 0.2) is 12.1 Å². The topological polar surface area (TPSA) is 55.6 Å². The van der Waals surface area contributed by atoms with Crippen molar-refractivity contribution in [2.75, 3.05) is 24.3 Å². The molecule has 5 heteroatoms. The molecule has 1 unspecified atom stereocenters. The SMILES string of the molecule is CC1COc2c(Cl)cc(N)cc2N(C)C1=O. The Labute approximate surface area is 98.9 Å². The molecule has 16 heavy (non-hydrogen) atoms. The van der Waals surface area contributed by atoms with Crippen LogP contribution in [0.4, 0.5) is 11.4 Å². The van der Waals surface area contributed by atoms with Crippen LogP contribution in [0.5, 0.6) is 5.75 Å². The maximum Gasteiger partial charge on any atom is 0.233 e. The lowest BCUT2D eigenvalue weighted by molar-refractivity contribution is -0.122. The van der Waals surface area contributed by atoms with E-state index >= 15 is 0 Å². The van der Waals surface area contributed by atoms with Crippen molar-refractivity contribution < 1.29 is 9.53 Å². The molecule has 0 bridgehead atoms. The smallest absolute Gasteiger partial charge is 0.233 e. The number of nitrogens with two attached hydrogens (primary N) is 1. The second-order valence-corrected chi connectivity index (χ2v) is 4.37.